The Bertz CT molecular complexity index is 487. The molecule has 0 spiro atoms. The highest BCUT2D eigenvalue weighted by Crippen LogP contribution is 2.29. The van der Waals surface area contributed by atoms with Gasteiger partial charge in [-0.05, 0) is 30.7 Å². The van der Waals surface area contributed by atoms with Gasteiger partial charge in [-0.3, -0.25) is 0 Å². The second-order valence-corrected chi connectivity index (χ2v) is 3.61. The van der Waals surface area contributed by atoms with Gasteiger partial charge in [-0.2, -0.15) is 0 Å². The van der Waals surface area contributed by atoms with Crippen LogP contribution in [-0.4, -0.2) is 25.3 Å². The standard InChI is InChI=1S/C14H16O4/c1-10(5-4-6-14(15)16)12-9-11(17-2)7-8-13(12)18-3/h4-9H,1-3H3,(H,15,16)/b6-4+,10-5+. The lowest BCUT2D eigenvalue weighted by Gasteiger charge is -2.10. The van der Waals surface area contributed by atoms with Gasteiger partial charge in [-0.1, -0.05) is 12.2 Å². The third-order valence-electron chi connectivity index (χ3n) is 2.42. The fourth-order valence-electron chi connectivity index (χ4n) is 1.49. The molecule has 4 heteroatoms. The van der Waals surface area contributed by atoms with Crippen molar-refractivity contribution in [3.05, 3.63) is 42.0 Å². The zero-order chi connectivity index (χ0) is 13.5. The first-order valence-corrected chi connectivity index (χ1v) is 5.38. The first kappa shape index (κ1) is 13.8. The van der Waals surface area contributed by atoms with E-state index < -0.39 is 5.97 Å². The summed E-state index contributed by atoms with van der Waals surface area (Å²) < 4.78 is 10.4. The Hall–Kier alpha value is -2.23. The molecule has 0 saturated carbocycles. The molecule has 96 valence electrons. The Labute approximate surface area is 106 Å². The normalized spacial score (nSPS) is 11.6. The van der Waals surface area contributed by atoms with Crippen LogP contribution in [0.25, 0.3) is 5.57 Å². The average Bonchev–Trinajstić information content (AvgIpc) is 2.37. The minimum atomic E-state index is -0.975. The number of benzene rings is 1. The van der Waals surface area contributed by atoms with Crippen molar-refractivity contribution in [2.75, 3.05) is 14.2 Å². The van der Waals surface area contributed by atoms with Crippen molar-refractivity contribution in [1.29, 1.82) is 0 Å². The minimum Gasteiger partial charge on any atom is -0.497 e. The van der Waals surface area contributed by atoms with Gasteiger partial charge in [-0.25, -0.2) is 4.79 Å². The van der Waals surface area contributed by atoms with Crippen molar-refractivity contribution in [3.63, 3.8) is 0 Å². The molecular weight excluding hydrogens is 232 g/mol. The lowest BCUT2D eigenvalue weighted by molar-refractivity contribution is -0.131. The zero-order valence-electron chi connectivity index (χ0n) is 10.6. The fraction of sp³-hybridized carbons (Fsp3) is 0.214. The van der Waals surface area contributed by atoms with Gasteiger partial charge in [0.15, 0.2) is 0 Å². The SMILES string of the molecule is COc1ccc(OC)c(/C(C)=C/C=C/C(=O)O)c1. The molecule has 0 bridgehead atoms. The summed E-state index contributed by atoms with van der Waals surface area (Å²) in [5, 5.41) is 8.52. The van der Waals surface area contributed by atoms with Crippen LogP contribution >= 0.6 is 0 Å². The number of carboxylic acids is 1. The molecule has 18 heavy (non-hydrogen) atoms. The van der Waals surface area contributed by atoms with Gasteiger partial charge >= 0.3 is 5.97 Å². The predicted octanol–water partition coefficient (Wildman–Crippen LogP) is 2.75. The quantitative estimate of drug-likeness (QED) is 0.643. The Balaban J connectivity index is 3.09. The smallest absolute Gasteiger partial charge is 0.328 e. The summed E-state index contributed by atoms with van der Waals surface area (Å²) in [5.74, 6) is 0.464. The van der Waals surface area contributed by atoms with Gasteiger partial charge in [0, 0.05) is 11.6 Å². The van der Waals surface area contributed by atoms with Crippen molar-refractivity contribution in [2.24, 2.45) is 0 Å². The molecule has 0 atom stereocenters. The molecule has 0 unspecified atom stereocenters. The molecule has 1 aromatic carbocycles. The van der Waals surface area contributed by atoms with E-state index in [9.17, 15) is 4.79 Å². The van der Waals surface area contributed by atoms with E-state index in [1.54, 1.807) is 20.3 Å². The van der Waals surface area contributed by atoms with E-state index in [1.807, 2.05) is 25.1 Å². The summed E-state index contributed by atoms with van der Waals surface area (Å²) in [6.45, 7) is 1.88. The third kappa shape index (κ3) is 3.66. The van der Waals surface area contributed by atoms with Crippen LogP contribution < -0.4 is 9.47 Å². The molecule has 4 nitrogen and oxygen atoms in total. The number of aliphatic carboxylic acids is 1. The van der Waals surface area contributed by atoms with E-state index in [-0.39, 0.29) is 0 Å². The van der Waals surface area contributed by atoms with Crippen LogP contribution in [0.1, 0.15) is 12.5 Å². The highest BCUT2D eigenvalue weighted by atomic mass is 16.5. The van der Waals surface area contributed by atoms with E-state index >= 15 is 0 Å². The van der Waals surface area contributed by atoms with Crippen molar-refractivity contribution < 1.29 is 19.4 Å². The van der Waals surface area contributed by atoms with Crippen molar-refractivity contribution >= 4 is 11.5 Å². The average molecular weight is 248 g/mol. The number of methoxy groups -OCH3 is 2. The number of rotatable bonds is 5. The van der Waals surface area contributed by atoms with Crippen LogP contribution in [0.15, 0.2) is 36.4 Å². The topological polar surface area (TPSA) is 55.8 Å². The number of hydrogen-bond acceptors (Lipinski definition) is 3. The number of carbonyl (C=O) groups is 1. The maximum absolute atomic E-state index is 10.4. The van der Waals surface area contributed by atoms with Crippen LogP contribution in [-0.2, 0) is 4.79 Å². The summed E-state index contributed by atoms with van der Waals surface area (Å²) >= 11 is 0. The lowest BCUT2D eigenvalue weighted by Crippen LogP contribution is -1.92. The largest absolute Gasteiger partial charge is 0.497 e. The third-order valence-corrected chi connectivity index (χ3v) is 2.42. The van der Waals surface area contributed by atoms with Gasteiger partial charge in [0.2, 0.25) is 0 Å². The summed E-state index contributed by atoms with van der Waals surface area (Å²) in [6.07, 6.45) is 4.28. The fourth-order valence-corrected chi connectivity index (χ4v) is 1.49. The van der Waals surface area contributed by atoms with Crippen molar-refractivity contribution in [3.8, 4) is 11.5 Å². The van der Waals surface area contributed by atoms with Crippen LogP contribution in [0.5, 0.6) is 11.5 Å². The molecular formula is C14H16O4. The maximum Gasteiger partial charge on any atom is 0.328 e. The zero-order valence-corrected chi connectivity index (χ0v) is 10.6. The van der Waals surface area contributed by atoms with Gasteiger partial charge < -0.3 is 14.6 Å². The van der Waals surface area contributed by atoms with Crippen molar-refractivity contribution in [2.45, 2.75) is 6.92 Å². The minimum absolute atomic E-state index is 0.716. The van der Waals surface area contributed by atoms with Gasteiger partial charge in [0.1, 0.15) is 11.5 Å². The summed E-state index contributed by atoms with van der Waals surface area (Å²) in [5.41, 5.74) is 1.76. The Morgan fingerprint density at radius 2 is 2.00 bits per heavy atom. The van der Waals surface area contributed by atoms with E-state index in [4.69, 9.17) is 14.6 Å². The van der Waals surface area contributed by atoms with Crippen LogP contribution in [0.3, 0.4) is 0 Å². The van der Waals surface area contributed by atoms with Crippen LogP contribution in [0.4, 0.5) is 0 Å². The lowest BCUT2D eigenvalue weighted by atomic mass is 10.1. The molecule has 0 aliphatic rings. The number of ether oxygens (including phenoxy) is 2. The number of carboxylic acid groups (broad SMARTS) is 1. The molecule has 0 aromatic heterocycles. The Morgan fingerprint density at radius 3 is 2.56 bits per heavy atom. The van der Waals surface area contributed by atoms with E-state index in [0.29, 0.717) is 5.75 Å². The highest BCUT2D eigenvalue weighted by Gasteiger charge is 2.06. The van der Waals surface area contributed by atoms with Gasteiger partial charge in [0.05, 0.1) is 14.2 Å². The maximum atomic E-state index is 10.4. The molecule has 0 aliphatic heterocycles. The molecule has 1 rings (SSSR count). The van der Waals surface area contributed by atoms with E-state index in [2.05, 4.69) is 0 Å². The van der Waals surface area contributed by atoms with E-state index in [1.165, 1.54) is 6.08 Å². The Kier molecular flexibility index (Phi) is 4.99. The molecule has 1 aromatic rings. The van der Waals surface area contributed by atoms with Crippen molar-refractivity contribution in [1.82, 2.24) is 0 Å². The second-order valence-electron chi connectivity index (χ2n) is 3.61. The van der Waals surface area contributed by atoms with Crippen LogP contribution in [0.2, 0.25) is 0 Å². The molecule has 0 aliphatic carbocycles. The first-order valence-electron chi connectivity index (χ1n) is 5.38. The first-order chi connectivity index (χ1) is 8.58. The summed E-state index contributed by atoms with van der Waals surface area (Å²) in [6, 6.07) is 5.47. The van der Waals surface area contributed by atoms with Gasteiger partial charge in [0.25, 0.3) is 0 Å². The molecule has 1 N–H and O–H groups in total. The monoisotopic (exact) mass is 248 g/mol. The predicted molar refractivity (Wildman–Crippen MR) is 70.0 cm³/mol. The number of allylic oxidation sites excluding steroid dienone is 3. The van der Waals surface area contributed by atoms with E-state index in [0.717, 1.165) is 23.0 Å². The summed E-state index contributed by atoms with van der Waals surface area (Å²) in [4.78, 5) is 10.4. The summed E-state index contributed by atoms with van der Waals surface area (Å²) in [7, 11) is 3.18. The highest BCUT2D eigenvalue weighted by molar-refractivity contribution is 5.81. The molecule has 0 fully saturated rings. The number of hydrogen-bond donors (Lipinski definition) is 1. The molecule has 0 saturated heterocycles. The molecule has 0 amide bonds. The van der Waals surface area contributed by atoms with Crippen LogP contribution in [0, 0.1) is 0 Å². The molecule has 0 radical (unpaired) electrons. The second kappa shape index (κ2) is 6.49. The molecule has 0 heterocycles. The van der Waals surface area contributed by atoms with Gasteiger partial charge in [-0.15, -0.1) is 0 Å². The Morgan fingerprint density at radius 1 is 1.28 bits per heavy atom.